The average molecular weight is 488 g/mol. The monoisotopic (exact) mass is 487 g/mol. The Labute approximate surface area is 209 Å². The summed E-state index contributed by atoms with van der Waals surface area (Å²) >= 11 is 7.61. The molecule has 1 atom stereocenters. The van der Waals surface area contributed by atoms with Gasteiger partial charge in [-0.25, -0.2) is 4.99 Å². The van der Waals surface area contributed by atoms with Crippen molar-refractivity contribution in [2.75, 3.05) is 4.90 Å². The zero-order valence-corrected chi connectivity index (χ0v) is 21.1. The standard InChI is InChI=1S/C28H26ClN3OS/c1-28(2,3)18-10-13-20-22(15-30)26(34-24(20)14-18)31-25-21-6-4-5-7-23(21)32(27(25)33)16-17-8-11-19(29)12-9-17/h4-9,11-12,18H,10,13-14,16H2,1-3H3/t18-/m1/s1. The van der Waals surface area contributed by atoms with Gasteiger partial charge in [0, 0.05) is 15.5 Å². The second-order valence-corrected chi connectivity index (χ2v) is 11.6. The molecule has 0 bridgehead atoms. The number of para-hydroxylation sites is 1. The molecule has 1 aliphatic heterocycles. The van der Waals surface area contributed by atoms with Crippen molar-refractivity contribution >= 4 is 45.2 Å². The Morgan fingerprint density at radius 1 is 1.18 bits per heavy atom. The zero-order valence-electron chi connectivity index (χ0n) is 19.6. The fourth-order valence-corrected chi connectivity index (χ4v) is 6.28. The van der Waals surface area contributed by atoms with Crippen molar-refractivity contribution in [2.24, 2.45) is 16.3 Å². The van der Waals surface area contributed by atoms with Gasteiger partial charge in [0.25, 0.3) is 5.91 Å². The smallest absolute Gasteiger partial charge is 0.277 e. The number of rotatable bonds is 3. The molecule has 0 saturated carbocycles. The molecule has 6 heteroatoms. The number of fused-ring (bicyclic) bond motifs is 2. The van der Waals surface area contributed by atoms with Crippen LogP contribution in [0.1, 0.15) is 54.3 Å². The molecule has 2 aliphatic rings. The van der Waals surface area contributed by atoms with E-state index >= 15 is 0 Å². The van der Waals surface area contributed by atoms with Crippen molar-refractivity contribution in [1.29, 1.82) is 5.26 Å². The quantitative estimate of drug-likeness (QED) is 0.396. The van der Waals surface area contributed by atoms with E-state index in [9.17, 15) is 10.1 Å². The van der Waals surface area contributed by atoms with Crippen LogP contribution >= 0.6 is 22.9 Å². The van der Waals surface area contributed by atoms with Crippen molar-refractivity contribution < 1.29 is 4.79 Å². The summed E-state index contributed by atoms with van der Waals surface area (Å²) < 4.78 is 0. The highest BCUT2D eigenvalue weighted by molar-refractivity contribution is 7.16. The number of amides is 1. The molecule has 1 aliphatic carbocycles. The van der Waals surface area contributed by atoms with Crippen LogP contribution in [0.3, 0.4) is 0 Å². The van der Waals surface area contributed by atoms with Crippen molar-refractivity contribution in [2.45, 2.75) is 46.6 Å². The number of carbonyl (C=O) groups excluding carboxylic acids is 1. The first-order chi connectivity index (χ1) is 16.3. The number of hydrogen-bond acceptors (Lipinski definition) is 4. The molecular weight excluding hydrogens is 462 g/mol. The first-order valence-electron chi connectivity index (χ1n) is 11.6. The van der Waals surface area contributed by atoms with Crippen LogP contribution in [0.15, 0.2) is 53.5 Å². The van der Waals surface area contributed by atoms with Crippen LogP contribution in [-0.4, -0.2) is 11.6 Å². The van der Waals surface area contributed by atoms with Gasteiger partial charge in [0.1, 0.15) is 16.8 Å². The number of benzene rings is 2. The Balaban J connectivity index is 1.53. The van der Waals surface area contributed by atoms with Crippen LogP contribution in [0.25, 0.3) is 0 Å². The normalized spacial score (nSPS) is 18.7. The average Bonchev–Trinajstić information content (AvgIpc) is 3.29. The molecule has 1 aromatic heterocycles. The summed E-state index contributed by atoms with van der Waals surface area (Å²) in [6, 6.07) is 17.7. The SMILES string of the molecule is CC(C)(C)[C@@H]1CCc2c(sc(N=C3C(=O)N(Cc4ccc(Cl)cc4)c4ccccc43)c2C#N)C1. The molecule has 3 aromatic rings. The molecule has 0 saturated heterocycles. The third-order valence-electron chi connectivity index (χ3n) is 6.95. The minimum atomic E-state index is -0.140. The van der Waals surface area contributed by atoms with E-state index < -0.39 is 0 Å². The van der Waals surface area contributed by atoms with Crippen LogP contribution < -0.4 is 4.90 Å². The highest BCUT2D eigenvalue weighted by atomic mass is 35.5. The van der Waals surface area contributed by atoms with Crippen LogP contribution in [0.4, 0.5) is 10.7 Å². The van der Waals surface area contributed by atoms with E-state index in [1.54, 1.807) is 16.2 Å². The summed E-state index contributed by atoms with van der Waals surface area (Å²) in [7, 11) is 0. The topological polar surface area (TPSA) is 56.5 Å². The van der Waals surface area contributed by atoms with Gasteiger partial charge >= 0.3 is 0 Å². The molecule has 1 amide bonds. The van der Waals surface area contributed by atoms with E-state index in [4.69, 9.17) is 16.6 Å². The number of aliphatic imine (C=N–C) groups is 1. The summed E-state index contributed by atoms with van der Waals surface area (Å²) in [5.74, 6) is 0.438. The predicted molar refractivity (Wildman–Crippen MR) is 139 cm³/mol. The number of nitriles is 1. The second kappa shape index (κ2) is 8.69. The highest BCUT2D eigenvalue weighted by Crippen LogP contribution is 2.45. The maximum Gasteiger partial charge on any atom is 0.277 e. The molecule has 0 spiro atoms. The molecule has 2 heterocycles. The van der Waals surface area contributed by atoms with E-state index in [1.807, 2.05) is 48.5 Å². The Kier molecular flexibility index (Phi) is 5.83. The van der Waals surface area contributed by atoms with Gasteiger partial charge in [-0.15, -0.1) is 11.3 Å². The summed E-state index contributed by atoms with van der Waals surface area (Å²) in [5.41, 5.74) is 5.05. The second-order valence-electron chi connectivity index (χ2n) is 10.1. The van der Waals surface area contributed by atoms with E-state index in [0.29, 0.717) is 33.8 Å². The summed E-state index contributed by atoms with van der Waals surface area (Å²) in [4.78, 5) is 21.4. The largest absolute Gasteiger partial charge is 0.302 e. The molecule has 172 valence electrons. The van der Waals surface area contributed by atoms with E-state index in [-0.39, 0.29) is 11.3 Å². The van der Waals surface area contributed by atoms with E-state index in [2.05, 4.69) is 26.8 Å². The number of thiophene rings is 1. The van der Waals surface area contributed by atoms with Gasteiger partial charge in [0.15, 0.2) is 0 Å². The first kappa shape index (κ1) is 22.8. The van der Waals surface area contributed by atoms with E-state index in [1.165, 1.54) is 4.88 Å². The van der Waals surface area contributed by atoms with Crippen LogP contribution in [0.5, 0.6) is 0 Å². The molecule has 2 aromatic carbocycles. The Morgan fingerprint density at radius 3 is 2.62 bits per heavy atom. The molecule has 34 heavy (non-hydrogen) atoms. The number of nitrogens with zero attached hydrogens (tertiary/aromatic N) is 3. The number of hydrogen-bond donors (Lipinski definition) is 0. The third kappa shape index (κ3) is 4.06. The van der Waals surface area contributed by atoms with E-state index in [0.717, 1.165) is 41.6 Å². The van der Waals surface area contributed by atoms with Gasteiger partial charge in [0.2, 0.25) is 0 Å². The molecule has 5 rings (SSSR count). The van der Waals surface area contributed by atoms with Gasteiger partial charge in [-0.3, -0.25) is 4.79 Å². The van der Waals surface area contributed by atoms with Gasteiger partial charge in [-0.05, 0) is 59.9 Å². The van der Waals surface area contributed by atoms with Crippen LogP contribution in [-0.2, 0) is 24.2 Å². The fraction of sp³-hybridized carbons (Fsp3) is 0.321. The molecular formula is C28H26ClN3OS. The first-order valence-corrected chi connectivity index (χ1v) is 12.7. The maximum absolute atomic E-state index is 13.6. The minimum Gasteiger partial charge on any atom is -0.302 e. The van der Waals surface area contributed by atoms with Crippen molar-refractivity contribution in [3.8, 4) is 6.07 Å². The molecule has 0 fully saturated rings. The molecule has 0 radical (unpaired) electrons. The Morgan fingerprint density at radius 2 is 1.91 bits per heavy atom. The van der Waals surface area contributed by atoms with Crippen molar-refractivity contribution in [3.05, 3.63) is 80.7 Å². The predicted octanol–water partition coefficient (Wildman–Crippen LogP) is 7.09. The highest BCUT2D eigenvalue weighted by Gasteiger charge is 2.36. The fourth-order valence-electron chi connectivity index (χ4n) is 4.91. The van der Waals surface area contributed by atoms with Crippen molar-refractivity contribution in [1.82, 2.24) is 0 Å². The van der Waals surface area contributed by atoms with Gasteiger partial charge in [-0.1, -0.05) is 62.7 Å². The minimum absolute atomic E-state index is 0.140. The number of anilines is 1. The van der Waals surface area contributed by atoms with Gasteiger partial charge < -0.3 is 4.90 Å². The molecule has 0 unspecified atom stereocenters. The lowest BCUT2D eigenvalue weighted by Crippen LogP contribution is -2.29. The number of halogens is 1. The van der Waals surface area contributed by atoms with Gasteiger partial charge in [-0.2, -0.15) is 5.26 Å². The molecule has 4 nitrogen and oxygen atoms in total. The third-order valence-corrected chi connectivity index (χ3v) is 8.35. The van der Waals surface area contributed by atoms with Gasteiger partial charge in [0.05, 0.1) is 17.8 Å². The Bertz CT molecular complexity index is 1340. The van der Waals surface area contributed by atoms with Crippen LogP contribution in [0.2, 0.25) is 5.02 Å². The Hall–Kier alpha value is -2.94. The lowest BCUT2D eigenvalue weighted by molar-refractivity contribution is -0.112. The maximum atomic E-state index is 13.6. The lowest BCUT2D eigenvalue weighted by Gasteiger charge is -2.33. The molecule has 0 N–H and O–H groups in total. The summed E-state index contributed by atoms with van der Waals surface area (Å²) in [5, 5.41) is 11.3. The summed E-state index contributed by atoms with van der Waals surface area (Å²) in [6.07, 6.45) is 2.94. The summed E-state index contributed by atoms with van der Waals surface area (Å²) in [6.45, 7) is 7.29. The van der Waals surface area contributed by atoms with Crippen LogP contribution in [0, 0.1) is 22.7 Å². The zero-order chi connectivity index (χ0) is 24.0. The van der Waals surface area contributed by atoms with Crippen molar-refractivity contribution in [3.63, 3.8) is 0 Å². The lowest BCUT2D eigenvalue weighted by atomic mass is 9.72. The number of carbonyl (C=O) groups is 1.